The molecule has 0 aromatic rings. The fourth-order valence-corrected chi connectivity index (χ4v) is 11.7. The summed E-state index contributed by atoms with van der Waals surface area (Å²) in [4.78, 5) is 72.4. The number of phosphoric acid groups is 2. The van der Waals surface area contributed by atoms with Crippen molar-refractivity contribution in [1.29, 1.82) is 0 Å². The minimum absolute atomic E-state index is 0.105. The van der Waals surface area contributed by atoms with Crippen LogP contribution in [-0.4, -0.2) is 96.7 Å². The maximum Gasteiger partial charge on any atom is 0.472 e. The van der Waals surface area contributed by atoms with Gasteiger partial charge in [-0.2, -0.15) is 0 Å². The van der Waals surface area contributed by atoms with Crippen molar-refractivity contribution in [2.45, 2.75) is 350 Å². The molecule has 0 aromatic heterocycles. The van der Waals surface area contributed by atoms with E-state index in [9.17, 15) is 43.2 Å². The van der Waals surface area contributed by atoms with Gasteiger partial charge in [-0.3, -0.25) is 37.3 Å². The third-order valence-electron chi connectivity index (χ3n) is 15.6. The van der Waals surface area contributed by atoms with Gasteiger partial charge in [-0.15, -0.1) is 0 Å². The fourth-order valence-electron chi connectivity index (χ4n) is 10.1. The van der Waals surface area contributed by atoms with Gasteiger partial charge in [-0.1, -0.05) is 280 Å². The lowest BCUT2D eigenvalue weighted by Crippen LogP contribution is -2.30. The van der Waals surface area contributed by atoms with Gasteiger partial charge in [0.1, 0.15) is 19.3 Å². The van der Waals surface area contributed by atoms with Crippen molar-refractivity contribution in [3.63, 3.8) is 0 Å². The molecule has 19 heteroatoms. The molecule has 17 nitrogen and oxygen atoms in total. The standard InChI is InChI=1S/C68H132O17P2/c1-58(2)44-36-28-20-14-10-9-11-16-24-34-42-50-67(72)85-64(55-79-66(71)49-41-33-27-26-31-39-47-61(7)8)57-83-87(76,77)81-53-62(69)52-80-86(74,75)82-56-63(54-78-65(70)48-40-32-23-19-18-22-30-38-46-60(5)6)84-68(73)51-43-35-25-17-13-12-15-21-29-37-45-59(3)4/h58-64,69H,9-57H2,1-8H3,(H,74,75)(H,76,77)/t62-,63-,64-/m1/s1. The Labute approximate surface area is 530 Å². The highest BCUT2D eigenvalue weighted by Gasteiger charge is 2.30. The zero-order valence-corrected chi connectivity index (χ0v) is 58.4. The number of ether oxygens (including phenoxy) is 4. The predicted octanol–water partition coefficient (Wildman–Crippen LogP) is 18.9. The van der Waals surface area contributed by atoms with E-state index in [1.165, 1.54) is 128 Å². The molecular formula is C68H132O17P2. The summed E-state index contributed by atoms with van der Waals surface area (Å²) in [5, 5.41) is 10.6. The smallest absolute Gasteiger partial charge is 0.462 e. The van der Waals surface area contributed by atoms with Gasteiger partial charge in [0.15, 0.2) is 12.2 Å². The number of rotatable bonds is 65. The molecule has 2 unspecified atom stereocenters. The van der Waals surface area contributed by atoms with Crippen molar-refractivity contribution >= 4 is 39.5 Å². The highest BCUT2D eigenvalue weighted by Crippen LogP contribution is 2.45. The van der Waals surface area contributed by atoms with Crippen molar-refractivity contribution in [3.8, 4) is 0 Å². The molecule has 0 heterocycles. The van der Waals surface area contributed by atoms with Crippen LogP contribution < -0.4 is 0 Å². The topological polar surface area (TPSA) is 237 Å². The summed E-state index contributed by atoms with van der Waals surface area (Å²) in [5.74, 6) is 0.789. The summed E-state index contributed by atoms with van der Waals surface area (Å²) in [6.45, 7) is 14.0. The molecule has 0 aliphatic rings. The van der Waals surface area contributed by atoms with Crippen LogP contribution in [0.3, 0.4) is 0 Å². The van der Waals surface area contributed by atoms with Crippen LogP contribution in [0.4, 0.5) is 0 Å². The number of unbranched alkanes of at least 4 members (excludes halogenated alkanes) is 31. The summed E-state index contributed by atoms with van der Waals surface area (Å²) in [6, 6.07) is 0. The molecule has 0 rings (SSSR count). The fraction of sp³-hybridized carbons (Fsp3) is 0.941. The Balaban J connectivity index is 5.25. The summed E-state index contributed by atoms with van der Waals surface area (Å²) < 4.78 is 68.2. The molecule has 0 amide bonds. The van der Waals surface area contributed by atoms with E-state index in [0.29, 0.717) is 31.6 Å². The van der Waals surface area contributed by atoms with Gasteiger partial charge < -0.3 is 33.8 Å². The van der Waals surface area contributed by atoms with Crippen LogP contribution >= 0.6 is 15.6 Å². The van der Waals surface area contributed by atoms with Gasteiger partial charge in [0.05, 0.1) is 26.4 Å². The molecule has 0 bridgehead atoms. The van der Waals surface area contributed by atoms with Crippen LogP contribution in [0.25, 0.3) is 0 Å². The first-order valence-electron chi connectivity index (χ1n) is 35.2. The summed E-state index contributed by atoms with van der Waals surface area (Å²) in [6.07, 6.45) is 39.1. The summed E-state index contributed by atoms with van der Waals surface area (Å²) >= 11 is 0. The Morgan fingerprint density at radius 3 is 0.713 bits per heavy atom. The highest BCUT2D eigenvalue weighted by atomic mass is 31.2. The van der Waals surface area contributed by atoms with E-state index < -0.39 is 97.5 Å². The Hall–Kier alpha value is -1.94. The van der Waals surface area contributed by atoms with Crippen molar-refractivity contribution in [2.75, 3.05) is 39.6 Å². The van der Waals surface area contributed by atoms with Crippen LogP contribution in [0.15, 0.2) is 0 Å². The Morgan fingerprint density at radius 1 is 0.287 bits per heavy atom. The third-order valence-corrected chi connectivity index (χ3v) is 17.5. The lowest BCUT2D eigenvalue weighted by atomic mass is 10.0. The van der Waals surface area contributed by atoms with Crippen molar-refractivity contribution < 1.29 is 80.2 Å². The van der Waals surface area contributed by atoms with Crippen LogP contribution in [-0.2, 0) is 65.4 Å². The van der Waals surface area contributed by atoms with E-state index in [1.807, 2.05) is 0 Å². The molecule has 87 heavy (non-hydrogen) atoms. The molecule has 516 valence electrons. The minimum Gasteiger partial charge on any atom is -0.462 e. The molecule has 0 saturated heterocycles. The van der Waals surface area contributed by atoms with Gasteiger partial charge in [-0.25, -0.2) is 9.13 Å². The normalized spacial score (nSPS) is 14.3. The van der Waals surface area contributed by atoms with Crippen LogP contribution in [0, 0.1) is 23.7 Å². The quantitative estimate of drug-likeness (QED) is 0.0222. The number of aliphatic hydroxyl groups excluding tert-OH is 1. The Bertz CT molecular complexity index is 1730. The number of carbonyl (C=O) groups excluding carboxylic acids is 4. The zero-order chi connectivity index (χ0) is 64.7. The van der Waals surface area contributed by atoms with Gasteiger partial charge >= 0.3 is 39.5 Å². The van der Waals surface area contributed by atoms with Crippen LogP contribution in [0.2, 0.25) is 0 Å². The lowest BCUT2D eigenvalue weighted by molar-refractivity contribution is -0.161. The first kappa shape index (κ1) is 85.1. The predicted molar refractivity (Wildman–Crippen MR) is 349 cm³/mol. The molecule has 0 aromatic carbocycles. The largest absolute Gasteiger partial charge is 0.472 e. The minimum atomic E-state index is -4.95. The third kappa shape index (κ3) is 62.6. The number of hydrogen-bond donors (Lipinski definition) is 3. The molecule has 0 fully saturated rings. The van der Waals surface area contributed by atoms with Crippen LogP contribution in [0.1, 0.15) is 331 Å². The molecule has 3 N–H and O–H groups in total. The second kappa shape index (κ2) is 57.9. The number of hydrogen-bond acceptors (Lipinski definition) is 15. The molecular weight excluding hydrogens is 1150 g/mol. The van der Waals surface area contributed by atoms with E-state index in [4.69, 9.17) is 37.0 Å². The molecule has 5 atom stereocenters. The van der Waals surface area contributed by atoms with Crippen LogP contribution in [0.5, 0.6) is 0 Å². The van der Waals surface area contributed by atoms with Crippen molar-refractivity contribution in [1.82, 2.24) is 0 Å². The second-order valence-electron chi connectivity index (χ2n) is 26.5. The summed E-state index contributed by atoms with van der Waals surface area (Å²) in [5.41, 5.74) is 0. The monoisotopic (exact) mass is 1280 g/mol. The lowest BCUT2D eigenvalue weighted by Gasteiger charge is -2.21. The zero-order valence-electron chi connectivity index (χ0n) is 56.6. The van der Waals surface area contributed by atoms with Crippen molar-refractivity contribution in [2.24, 2.45) is 23.7 Å². The van der Waals surface area contributed by atoms with E-state index in [-0.39, 0.29) is 25.7 Å². The molecule has 0 radical (unpaired) electrons. The first-order chi connectivity index (χ1) is 41.6. The van der Waals surface area contributed by atoms with Gasteiger partial charge in [-0.05, 0) is 49.4 Å². The number of phosphoric ester groups is 2. The van der Waals surface area contributed by atoms with Gasteiger partial charge in [0, 0.05) is 25.7 Å². The van der Waals surface area contributed by atoms with Gasteiger partial charge in [0.2, 0.25) is 0 Å². The van der Waals surface area contributed by atoms with Gasteiger partial charge in [0.25, 0.3) is 0 Å². The first-order valence-corrected chi connectivity index (χ1v) is 38.2. The number of esters is 4. The van der Waals surface area contributed by atoms with E-state index >= 15 is 0 Å². The number of carbonyl (C=O) groups is 4. The molecule has 0 saturated carbocycles. The maximum atomic E-state index is 13.0. The molecule has 0 spiro atoms. The Kier molecular flexibility index (Phi) is 56.6. The van der Waals surface area contributed by atoms with E-state index in [2.05, 4.69) is 55.4 Å². The second-order valence-corrected chi connectivity index (χ2v) is 29.4. The van der Waals surface area contributed by atoms with E-state index in [0.717, 1.165) is 114 Å². The highest BCUT2D eigenvalue weighted by molar-refractivity contribution is 7.47. The maximum absolute atomic E-state index is 13.0. The SMILES string of the molecule is CC(C)CCCCCCCCCCCCCC(=O)O[C@H](COC(=O)CCCCCCCCC(C)C)COP(=O)(O)OC[C@H](O)COP(=O)(O)OC[C@@H](COC(=O)CCCCCCCCCCC(C)C)OC(=O)CCCCCCCCCCCCC(C)C. The van der Waals surface area contributed by atoms with E-state index in [1.54, 1.807) is 0 Å². The number of aliphatic hydroxyl groups is 1. The molecule has 0 aliphatic heterocycles. The average Bonchev–Trinajstić information content (AvgIpc) is 3.66. The average molecular weight is 1280 g/mol. The Morgan fingerprint density at radius 2 is 0.483 bits per heavy atom. The summed E-state index contributed by atoms with van der Waals surface area (Å²) in [7, 11) is -9.90. The molecule has 0 aliphatic carbocycles. The van der Waals surface area contributed by atoms with Crippen molar-refractivity contribution in [3.05, 3.63) is 0 Å².